The largest absolute Gasteiger partial charge is 0.481 e. The first kappa shape index (κ1) is 23.9. The summed E-state index contributed by atoms with van der Waals surface area (Å²) in [6.07, 6.45) is 8.68. The van der Waals surface area contributed by atoms with Gasteiger partial charge in [0.15, 0.2) is 0 Å². The van der Waals surface area contributed by atoms with E-state index >= 15 is 0 Å². The third-order valence-electron chi connectivity index (χ3n) is 6.37. The molecule has 148 valence electrons. The Bertz CT molecular complexity index is 381. The van der Waals surface area contributed by atoms with Crippen molar-refractivity contribution in [3.63, 3.8) is 0 Å². The molecule has 0 aromatic carbocycles. The Morgan fingerprint density at radius 1 is 0.880 bits per heavy atom. The van der Waals surface area contributed by atoms with E-state index in [1.165, 1.54) is 19.3 Å². The minimum absolute atomic E-state index is 0.0680. The van der Waals surface area contributed by atoms with E-state index in [9.17, 15) is 14.7 Å². The predicted octanol–water partition coefficient (Wildman–Crippen LogP) is 5.99. The van der Waals surface area contributed by atoms with E-state index in [1.807, 2.05) is 0 Å². The summed E-state index contributed by atoms with van der Waals surface area (Å²) in [5.74, 6) is -1.78. The maximum absolute atomic E-state index is 12.1. The van der Waals surface area contributed by atoms with E-state index in [-0.39, 0.29) is 30.1 Å². The van der Waals surface area contributed by atoms with Crippen molar-refractivity contribution in [2.75, 3.05) is 0 Å². The molecular formula is C21H40O4. The molecule has 4 heteroatoms. The van der Waals surface area contributed by atoms with Gasteiger partial charge in [-0.25, -0.2) is 0 Å². The van der Waals surface area contributed by atoms with Crippen LogP contribution in [-0.2, 0) is 9.59 Å². The van der Waals surface area contributed by atoms with Gasteiger partial charge >= 0.3 is 11.9 Å². The Morgan fingerprint density at radius 2 is 1.40 bits per heavy atom. The third kappa shape index (κ3) is 6.99. The molecule has 0 spiro atoms. The first-order valence-corrected chi connectivity index (χ1v) is 10.2. The Hall–Kier alpha value is -1.06. The fourth-order valence-corrected chi connectivity index (χ4v) is 4.52. The van der Waals surface area contributed by atoms with Gasteiger partial charge in [-0.3, -0.25) is 9.59 Å². The minimum atomic E-state index is -0.906. The molecule has 0 radical (unpaired) electrons. The van der Waals surface area contributed by atoms with Crippen molar-refractivity contribution in [3.8, 4) is 0 Å². The number of unbranched alkanes of at least 4 members (excludes halogenated alkanes) is 4. The fourth-order valence-electron chi connectivity index (χ4n) is 4.52. The smallest absolute Gasteiger partial charge is 0.307 e. The normalized spacial score (nSPS) is 17.5. The van der Waals surface area contributed by atoms with E-state index in [0.29, 0.717) is 0 Å². The quantitative estimate of drug-likeness (QED) is 0.353. The standard InChI is InChI=1S/C21H40O4/c1-6-9-10-11-12-15-21(16(4)7-2,17(5)8-3)18(20(24)25)13-14-19(22)23/h16-18H,6-15H2,1-5H3,(H,22,23)(H,24,25). The summed E-state index contributed by atoms with van der Waals surface area (Å²) < 4.78 is 0. The SMILES string of the molecule is CCCCCCCC(C(C)CC)(C(C)CC)C(CCC(=O)O)C(=O)O. The number of carboxylic acids is 2. The summed E-state index contributed by atoms with van der Waals surface area (Å²) in [5, 5.41) is 19.0. The van der Waals surface area contributed by atoms with E-state index in [2.05, 4.69) is 34.6 Å². The number of hydrogen-bond acceptors (Lipinski definition) is 2. The van der Waals surface area contributed by atoms with Crippen LogP contribution < -0.4 is 0 Å². The lowest BCUT2D eigenvalue weighted by Crippen LogP contribution is -2.46. The second-order valence-corrected chi connectivity index (χ2v) is 7.72. The topological polar surface area (TPSA) is 74.6 Å². The molecule has 0 saturated carbocycles. The molecule has 0 bridgehead atoms. The monoisotopic (exact) mass is 356 g/mol. The van der Waals surface area contributed by atoms with Gasteiger partial charge in [0, 0.05) is 6.42 Å². The molecule has 0 saturated heterocycles. The van der Waals surface area contributed by atoms with Gasteiger partial charge in [-0.1, -0.05) is 79.6 Å². The molecule has 0 aliphatic carbocycles. The lowest BCUT2D eigenvalue weighted by molar-refractivity contribution is -0.154. The molecule has 2 N–H and O–H groups in total. The van der Waals surface area contributed by atoms with Crippen molar-refractivity contribution < 1.29 is 19.8 Å². The molecule has 0 aliphatic rings. The molecule has 0 aromatic rings. The highest BCUT2D eigenvalue weighted by molar-refractivity contribution is 5.73. The number of hydrogen-bond donors (Lipinski definition) is 2. The van der Waals surface area contributed by atoms with Gasteiger partial charge in [-0.05, 0) is 30.1 Å². The lowest BCUT2D eigenvalue weighted by atomic mass is 9.55. The van der Waals surface area contributed by atoms with Gasteiger partial charge in [0.05, 0.1) is 5.92 Å². The van der Waals surface area contributed by atoms with Crippen LogP contribution in [0.2, 0.25) is 0 Å². The van der Waals surface area contributed by atoms with Gasteiger partial charge in [0.25, 0.3) is 0 Å². The van der Waals surface area contributed by atoms with Gasteiger partial charge in [-0.15, -0.1) is 0 Å². The van der Waals surface area contributed by atoms with Crippen molar-refractivity contribution in [2.24, 2.45) is 23.2 Å². The maximum Gasteiger partial charge on any atom is 0.307 e. The average molecular weight is 357 g/mol. The van der Waals surface area contributed by atoms with Crippen LogP contribution >= 0.6 is 0 Å². The third-order valence-corrected chi connectivity index (χ3v) is 6.37. The first-order chi connectivity index (χ1) is 11.8. The van der Waals surface area contributed by atoms with Crippen molar-refractivity contribution in [2.45, 2.75) is 98.8 Å². The summed E-state index contributed by atoms with van der Waals surface area (Å²) in [7, 11) is 0. The van der Waals surface area contributed by atoms with Crippen LogP contribution in [0, 0.1) is 23.2 Å². The highest BCUT2D eigenvalue weighted by Gasteiger charge is 2.48. The van der Waals surface area contributed by atoms with Crippen LogP contribution in [0.5, 0.6) is 0 Å². The molecule has 0 amide bonds. The maximum atomic E-state index is 12.1. The number of carbonyl (C=O) groups is 2. The highest BCUT2D eigenvalue weighted by atomic mass is 16.4. The molecule has 25 heavy (non-hydrogen) atoms. The number of aliphatic carboxylic acids is 2. The summed E-state index contributed by atoms with van der Waals surface area (Å²) in [4.78, 5) is 23.2. The Labute approximate surface area is 154 Å². The molecule has 3 unspecified atom stereocenters. The Morgan fingerprint density at radius 3 is 1.80 bits per heavy atom. The molecule has 0 heterocycles. The molecule has 4 nitrogen and oxygen atoms in total. The number of rotatable bonds is 15. The van der Waals surface area contributed by atoms with Crippen LogP contribution in [0.3, 0.4) is 0 Å². The number of carboxylic acid groups (broad SMARTS) is 2. The van der Waals surface area contributed by atoms with E-state index < -0.39 is 17.9 Å². The highest BCUT2D eigenvalue weighted by Crippen LogP contribution is 2.51. The molecular weight excluding hydrogens is 316 g/mol. The molecule has 0 rings (SSSR count). The van der Waals surface area contributed by atoms with Gasteiger partial charge in [-0.2, -0.15) is 0 Å². The van der Waals surface area contributed by atoms with Gasteiger partial charge < -0.3 is 10.2 Å². The second kappa shape index (κ2) is 12.3. The first-order valence-electron chi connectivity index (χ1n) is 10.2. The van der Waals surface area contributed by atoms with Gasteiger partial charge in [0.1, 0.15) is 0 Å². The zero-order valence-electron chi connectivity index (χ0n) is 17.0. The van der Waals surface area contributed by atoms with E-state index in [4.69, 9.17) is 5.11 Å². The summed E-state index contributed by atoms with van der Waals surface area (Å²) in [6, 6.07) is 0. The zero-order chi connectivity index (χ0) is 19.5. The van der Waals surface area contributed by atoms with Crippen molar-refractivity contribution in [1.82, 2.24) is 0 Å². The molecule has 3 atom stereocenters. The Kier molecular flexibility index (Phi) is 11.8. The van der Waals surface area contributed by atoms with Crippen LogP contribution in [0.25, 0.3) is 0 Å². The lowest BCUT2D eigenvalue weighted by Gasteiger charge is -2.48. The average Bonchev–Trinajstić information content (AvgIpc) is 2.57. The van der Waals surface area contributed by atoms with Crippen LogP contribution in [0.4, 0.5) is 0 Å². The van der Waals surface area contributed by atoms with Crippen LogP contribution in [0.1, 0.15) is 98.8 Å². The van der Waals surface area contributed by atoms with Gasteiger partial charge in [0.2, 0.25) is 0 Å². The second-order valence-electron chi connectivity index (χ2n) is 7.72. The van der Waals surface area contributed by atoms with Crippen molar-refractivity contribution in [3.05, 3.63) is 0 Å². The van der Waals surface area contributed by atoms with Crippen molar-refractivity contribution >= 4 is 11.9 Å². The molecule has 0 aromatic heterocycles. The fraction of sp³-hybridized carbons (Fsp3) is 0.905. The summed E-state index contributed by atoms with van der Waals surface area (Å²) >= 11 is 0. The van der Waals surface area contributed by atoms with Crippen LogP contribution in [-0.4, -0.2) is 22.2 Å². The summed E-state index contributed by atoms with van der Waals surface area (Å²) in [5.41, 5.74) is -0.322. The Balaban J connectivity index is 5.60. The minimum Gasteiger partial charge on any atom is -0.481 e. The predicted molar refractivity (Wildman–Crippen MR) is 103 cm³/mol. The zero-order valence-corrected chi connectivity index (χ0v) is 17.0. The van der Waals surface area contributed by atoms with E-state index in [0.717, 1.165) is 32.1 Å². The summed E-state index contributed by atoms with van der Waals surface area (Å²) in [6.45, 7) is 10.8. The van der Waals surface area contributed by atoms with Crippen molar-refractivity contribution in [1.29, 1.82) is 0 Å². The molecule has 0 aliphatic heterocycles. The van der Waals surface area contributed by atoms with Crippen LogP contribution in [0.15, 0.2) is 0 Å². The molecule has 0 fully saturated rings. The van der Waals surface area contributed by atoms with E-state index in [1.54, 1.807) is 0 Å².